The Morgan fingerprint density at radius 2 is 1.83 bits per heavy atom. The van der Waals surface area contributed by atoms with Crippen molar-refractivity contribution in [2.24, 2.45) is 0 Å². The highest BCUT2D eigenvalue weighted by molar-refractivity contribution is 5.96. The van der Waals surface area contributed by atoms with Gasteiger partial charge in [0.2, 0.25) is 5.91 Å². The SMILES string of the molecule is COC(=O)[C@@](O)(CC(=O)Nc1ccc([N+](=O)[O-])cc1)C(F)(F)F. The van der Waals surface area contributed by atoms with Crippen molar-refractivity contribution in [2.75, 3.05) is 12.4 Å². The lowest BCUT2D eigenvalue weighted by Gasteiger charge is -2.26. The number of non-ortho nitro benzene ring substituents is 1. The highest BCUT2D eigenvalue weighted by Crippen LogP contribution is 2.34. The van der Waals surface area contributed by atoms with Crippen molar-refractivity contribution in [2.45, 2.75) is 18.2 Å². The van der Waals surface area contributed by atoms with E-state index in [-0.39, 0.29) is 11.4 Å². The van der Waals surface area contributed by atoms with Gasteiger partial charge in [-0.15, -0.1) is 0 Å². The van der Waals surface area contributed by atoms with Gasteiger partial charge < -0.3 is 15.2 Å². The van der Waals surface area contributed by atoms with Crippen LogP contribution in [-0.4, -0.2) is 40.8 Å². The summed E-state index contributed by atoms with van der Waals surface area (Å²) in [6, 6.07) is 4.21. The lowest BCUT2D eigenvalue weighted by atomic mass is 9.98. The van der Waals surface area contributed by atoms with Crippen LogP contribution in [-0.2, 0) is 14.3 Å². The number of nitro benzene ring substituents is 1. The summed E-state index contributed by atoms with van der Waals surface area (Å²) in [6.45, 7) is 0. The molecule has 0 aromatic heterocycles. The van der Waals surface area contributed by atoms with E-state index in [9.17, 15) is 38.0 Å². The van der Waals surface area contributed by atoms with Gasteiger partial charge in [0.15, 0.2) is 0 Å². The van der Waals surface area contributed by atoms with Gasteiger partial charge in [0.1, 0.15) is 0 Å². The molecule has 0 fully saturated rings. The minimum Gasteiger partial charge on any atom is -0.467 e. The van der Waals surface area contributed by atoms with E-state index in [4.69, 9.17) is 0 Å². The van der Waals surface area contributed by atoms with Crippen molar-refractivity contribution in [3.8, 4) is 0 Å². The number of nitrogens with one attached hydrogen (secondary N) is 1. The molecule has 0 aliphatic carbocycles. The van der Waals surface area contributed by atoms with Gasteiger partial charge in [-0.3, -0.25) is 14.9 Å². The molecule has 0 spiro atoms. The largest absolute Gasteiger partial charge is 0.467 e. The van der Waals surface area contributed by atoms with Crippen LogP contribution in [0.1, 0.15) is 6.42 Å². The van der Waals surface area contributed by atoms with Gasteiger partial charge >= 0.3 is 12.1 Å². The Balaban J connectivity index is 2.88. The van der Waals surface area contributed by atoms with Crippen molar-refractivity contribution in [3.63, 3.8) is 0 Å². The molecule has 1 aromatic carbocycles. The number of halogens is 3. The van der Waals surface area contributed by atoms with E-state index in [1.165, 1.54) is 0 Å². The molecule has 8 nitrogen and oxygen atoms in total. The molecular formula is C12H11F3N2O6. The number of rotatable bonds is 5. The number of carbonyl (C=O) groups is 2. The minimum absolute atomic E-state index is 0.0463. The maximum atomic E-state index is 12.8. The summed E-state index contributed by atoms with van der Waals surface area (Å²) in [5, 5.41) is 21.9. The Bertz CT molecular complexity index is 616. The minimum atomic E-state index is -5.42. The number of carbonyl (C=O) groups excluding carboxylic acids is 2. The van der Waals surface area contributed by atoms with Crippen LogP contribution in [0.5, 0.6) is 0 Å². The summed E-state index contributed by atoms with van der Waals surface area (Å²) in [4.78, 5) is 32.5. The summed E-state index contributed by atoms with van der Waals surface area (Å²) in [7, 11) is 0.632. The second kappa shape index (κ2) is 6.60. The molecule has 1 amide bonds. The summed E-state index contributed by atoms with van der Waals surface area (Å²) in [5.74, 6) is -3.35. The molecule has 126 valence electrons. The maximum Gasteiger partial charge on any atom is 0.428 e. The highest BCUT2D eigenvalue weighted by atomic mass is 19.4. The lowest BCUT2D eigenvalue weighted by Crippen LogP contribution is -2.54. The molecule has 1 atom stereocenters. The fourth-order valence-electron chi connectivity index (χ4n) is 1.56. The summed E-state index contributed by atoms with van der Waals surface area (Å²) < 4.78 is 42.2. The molecule has 1 rings (SSSR count). The van der Waals surface area contributed by atoms with Crippen LogP contribution < -0.4 is 5.32 Å². The Kier molecular flexibility index (Phi) is 5.27. The van der Waals surface area contributed by atoms with E-state index in [1.807, 2.05) is 5.32 Å². The maximum absolute atomic E-state index is 12.8. The topological polar surface area (TPSA) is 119 Å². The Hall–Kier alpha value is -2.69. The zero-order chi connectivity index (χ0) is 17.8. The third kappa shape index (κ3) is 4.16. The van der Waals surface area contributed by atoms with Crippen molar-refractivity contribution in [1.29, 1.82) is 0 Å². The van der Waals surface area contributed by atoms with Gasteiger partial charge in [0.05, 0.1) is 18.5 Å². The number of hydrogen-bond donors (Lipinski definition) is 2. The van der Waals surface area contributed by atoms with Crippen LogP contribution >= 0.6 is 0 Å². The number of nitrogens with zero attached hydrogens (tertiary/aromatic N) is 1. The first kappa shape index (κ1) is 18.4. The number of benzene rings is 1. The van der Waals surface area contributed by atoms with Crippen LogP contribution in [0.15, 0.2) is 24.3 Å². The predicted octanol–water partition coefficient (Wildman–Crippen LogP) is 1.39. The number of amides is 1. The summed E-state index contributed by atoms with van der Waals surface area (Å²) >= 11 is 0. The quantitative estimate of drug-likeness (QED) is 0.476. The van der Waals surface area contributed by atoms with Crippen LogP contribution in [0.3, 0.4) is 0 Å². The van der Waals surface area contributed by atoms with Gasteiger partial charge in [-0.25, -0.2) is 4.79 Å². The molecule has 0 saturated heterocycles. The van der Waals surface area contributed by atoms with E-state index < -0.39 is 35.0 Å². The molecule has 0 unspecified atom stereocenters. The van der Waals surface area contributed by atoms with Gasteiger partial charge in [0.25, 0.3) is 11.3 Å². The van der Waals surface area contributed by atoms with Crippen LogP contribution in [0.4, 0.5) is 24.5 Å². The molecule has 0 bridgehead atoms. The zero-order valence-corrected chi connectivity index (χ0v) is 11.6. The van der Waals surface area contributed by atoms with Crippen LogP contribution in [0.2, 0.25) is 0 Å². The van der Waals surface area contributed by atoms with Crippen molar-refractivity contribution in [3.05, 3.63) is 34.4 Å². The van der Waals surface area contributed by atoms with Crippen molar-refractivity contribution in [1.82, 2.24) is 0 Å². The number of ether oxygens (including phenoxy) is 1. The number of esters is 1. The Morgan fingerprint density at radius 3 is 2.22 bits per heavy atom. The standard InChI is InChI=1S/C12H11F3N2O6/c1-23-10(19)11(20,12(13,14)15)6-9(18)16-7-2-4-8(5-3-7)17(21)22/h2-5,20H,6H2,1H3,(H,16,18)/t11-/m0/s1. The number of alkyl halides is 3. The number of aliphatic hydroxyl groups is 1. The van der Waals surface area contributed by atoms with E-state index in [1.54, 1.807) is 0 Å². The first-order valence-corrected chi connectivity index (χ1v) is 5.93. The predicted molar refractivity (Wildman–Crippen MR) is 69.4 cm³/mol. The summed E-state index contributed by atoms with van der Waals surface area (Å²) in [6.07, 6.45) is -7.05. The Labute approximate surface area is 127 Å². The van der Waals surface area contributed by atoms with Crippen molar-refractivity contribution < 1.29 is 37.5 Å². The smallest absolute Gasteiger partial charge is 0.428 e. The monoisotopic (exact) mass is 336 g/mol. The van der Waals surface area contributed by atoms with Crippen LogP contribution in [0.25, 0.3) is 0 Å². The second-order valence-corrected chi connectivity index (χ2v) is 4.38. The number of methoxy groups -OCH3 is 1. The van der Waals surface area contributed by atoms with Gasteiger partial charge in [-0.1, -0.05) is 0 Å². The number of nitro groups is 1. The fourth-order valence-corrected chi connectivity index (χ4v) is 1.56. The van der Waals surface area contributed by atoms with Gasteiger partial charge in [0, 0.05) is 17.8 Å². The zero-order valence-electron chi connectivity index (χ0n) is 11.6. The average molecular weight is 336 g/mol. The molecule has 0 saturated carbocycles. The fraction of sp³-hybridized carbons (Fsp3) is 0.333. The molecular weight excluding hydrogens is 325 g/mol. The second-order valence-electron chi connectivity index (χ2n) is 4.38. The number of anilines is 1. The molecule has 0 aliphatic heterocycles. The molecule has 23 heavy (non-hydrogen) atoms. The van der Waals surface area contributed by atoms with Crippen molar-refractivity contribution >= 4 is 23.3 Å². The third-order valence-corrected chi connectivity index (χ3v) is 2.77. The molecule has 0 heterocycles. The normalized spacial score (nSPS) is 13.8. The molecule has 2 N–H and O–H groups in total. The first-order valence-electron chi connectivity index (χ1n) is 5.93. The van der Waals surface area contributed by atoms with E-state index in [0.29, 0.717) is 7.11 Å². The lowest BCUT2D eigenvalue weighted by molar-refractivity contribution is -0.384. The van der Waals surface area contributed by atoms with Crippen LogP contribution in [0, 0.1) is 10.1 Å². The van der Waals surface area contributed by atoms with E-state index >= 15 is 0 Å². The van der Waals surface area contributed by atoms with Gasteiger partial charge in [-0.2, -0.15) is 13.2 Å². The Morgan fingerprint density at radius 1 is 1.30 bits per heavy atom. The third-order valence-electron chi connectivity index (χ3n) is 2.77. The summed E-state index contributed by atoms with van der Waals surface area (Å²) in [5.41, 5.74) is -4.33. The molecule has 0 aliphatic rings. The van der Waals surface area contributed by atoms with E-state index in [0.717, 1.165) is 24.3 Å². The molecule has 0 radical (unpaired) electrons. The van der Waals surface area contributed by atoms with Gasteiger partial charge in [-0.05, 0) is 12.1 Å². The highest BCUT2D eigenvalue weighted by Gasteiger charge is 2.61. The number of hydrogen-bond acceptors (Lipinski definition) is 6. The first-order chi connectivity index (χ1) is 10.5. The van der Waals surface area contributed by atoms with E-state index in [2.05, 4.69) is 4.74 Å². The molecule has 11 heteroatoms. The molecule has 1 aromatic rings. The average Bonchev–Trinajstić information content (AvgIpc) is 2.45.